The Morgan fingerprint density at radius 1 is 1.39 bits per heavy atom. The van der Waals surface area contributed by atoms with Crippen molar-refractivity contribution in [3.8, 4) is 0 Å². The van der Waals surface area contributed by atoms with Gasteiger partial charge < -0.3 is 15.7 Å². The summed E-state index contributed by atoms with van der Waals surface area (Å²) in [6, 6.07) is 6.17. The van der Waals surface area contributed by atoms with Crippen LogP contribution in [0.1, 0.15) is 18.1 Å². The summed E-state index contributed by atoms with van der Waals surface area (Å²) >= 11 is 0. The molecule has 18 heavy (non-hydrogen) atoms. The second kappa shape index (κ2) is 5.72. The van der Waals surface area contributed by atoms with Gasteiger partial charge in [-0.1, -0.05) is 29.4 Å². The smallest absolute Gasteiger partial charge is 0.409 e. The summed E-state index contributed by atoms with van der Waals surface area (Å²) in [5.74, 6) is -0.0638. The summed E-state index contributed by atoms with van der Waals surface area (Å²) < 4.78 is 41.2. The Morgan fingerprint density at radius 3 is 2.39 bits per heavy atom. The molecule has 0 spiro atoms. The Hall–Kier alpha value is -1.76. The van der Waals surface area contributed by atoms with Gasteiger partial charge in [0.2, 0.25) is 0 Å². The average molecular weight is 262 g/mol. The first-order chi connectivity index (χ1) is 8.34. The van der Waals surface area contributed by atoms with Crippen LogP contribution in [-0.2, 0) is 11.3 Å². The van der Waals surface area contributed by atoms with Gasteiger partial charge in [-0.05, 0) is 12.5 Å². The van der Waals surface area contributed by atoms with Gasteiger partial charge in [-0.3, -0.25) is 0 Å². The van der Waals surface area contributed by atoms with Gasteiger partial charge in [0, 0.05) is 5.56 Å². The molecule has 0 aliphatic rings. The van der Waals surface area contributed by atoms with E-state index in [-0.39, 0.29) is 12.4 Å². The van der Waals surface area contributed by atoms with E-state index in [9.17, 15) is 13.2 Å². The lowest BCUT2D eigenvalue weighted by molar-refractivity contribution is -0.217. The molecule has 0 saturated heterocycles. The van der Waals surface area contributed by atoms with Crippen LogP contribution in [0.15, 0.2) is 29.4 Å². The molecule has 1 unspecified atom stereocenters. The number of hydrogen-bond donors (Lipinski definition) is 2. The highest BCUT2D eigenvalue weighted by Crippen LogP contribution is 2.23. The van der Waals surface area contributed by atoms with E-state index in [0.29, 0.717) is 11.1 Å². The molecule has 7 heteroatoms. The summed E-state index contributed by atoms with van der Waals surface area (Å²) in [6.45, 7) is 0.794. The minimum absolute atomic E-state index is 0.0638. The SMILES string of the molecule is CC(OCc1ccc(C(N)=NO)cc1)C(F)(F)F. The number of nitrogens with zero attached hydrogens (tertiary/aromatic N) is 1. The molecular weight excluding hydrogens is 249 g/mol. The molecule has 1 atom stereocenters. The zero-order valence-electron chi connectivity index (χ0n) is 9.61. The third-order valence-corrected chi connectivity index (χ3v) is 2.32. The fraction of sp³-hybridized carbons (Fsp3) is 0.364. The predicted octanol–water partition coefficient (Wildman–Crippen LogP) is 2.25. The van der Waals surface area contributed by atoms with E-state index in [1.165, 1.54) is 12.1 Å². The number of benzene rings is 1. The van der Waals surface area contributed by atoms with E-state index < -0.39 is 12.3 Å². The van der Waals surface area contributed by atoms with Crippen LogP contribution in [0.3, 0.4) is 0 Å². The first-order valence-electron chi connectivity index (χ1n) is 5.09. The maximum atomic E-state index is 12.2. The molecule has 1 aromatic carbocycles. The minimum Gasteiger partial charge on any atom is -0.409 e. The highest BCUT2D eigenvalue weighted by Gasteiger charge is 2.36. The highest BCUT2D eigenvalue weighted by molar-refractivity contribution is 5.96. The van der Waals surface area contributed by atoms with Crippen molar-refractivity contribution in [2.75, 3.05) is 0 Å². The highest BCUT2D eigenvalue weighted by atomic mass is 19.4. The van der Waals surface area contributed by atoms with E-state index in [1.54, 1.807) is 12.1 Å². The maximum Gasteiger partial charge on any atom is 0.414 e. The average Bonchev–Trinajstić information content (AvgIpc) is 2.34. The quantitative estimate of drug-likeness (QED) is 0.378. The molecule has 0 fully saturated rings. The largest absolute Gasteiger partial charge is 0.414 e. The fourth-order valence-electron chi connectivity index (χ4n) is 1.15. The Bertz CT molecular complexity index is 415. The summed E-state index contributed by atoms with van der Waals surface area (Å²) in [5, 5.41) is 11.2. The normalized spacial score (nSPS) is 14.6. The van der Waals surface area contributed by atoms with E-state index in [2.05, 4.69) is 9.89 Å². The molecule has 1 aromatic rings. The summed E-state index contributed by atoms with van der Waals surface area (Å²) in [4.78, 5) is 0. The lowest BCUT2D eigenvalue weighted by Crippen LogP contribution is -2.28. The van der Waals surface area contributed by atoms with Gasteiger partial charge in [-0.15, -0.1) is 0 Å². The Kier molecular flexibility index (Phi) is 4.55. The minimum atomic E-state index is -4.37. The number of nitrogens with two attached hydrogens (primary N) is 1. The van der Waals surface area contributed by atoms with Gasteiger partial charge in [0.05, 0.1) is 6.61 Å². The zero-order chi connectivity index (χ0) is 13.8. The fourth-order valence-corrected chi connectivity index (χ4v) is 1.15. The molecule has 0 aliphatic heterocycles. The first-order valence-corrected chi connectivity index (χ1v) is 5.09. The van der Waals surface area contributed by atoms with Gasteiger partial charge in [0.25, 0.3) is 0 Å². The molecule has 100 valence electrons. The monoisotopic (exact) mass is 262 g/mol. The van der Waals surface area contributed by atoms with Crippen LogP contribution in [-0.4, -0.2) is 23.3 Å². The number of halogens is 3. The molecule has 0 aromatic heterocycles. The van der Waals surface area contributed by atoms with Gasteiger partial charge in [-0.2, -0.15) is 13.2 Å². The topological polar surface area (TPSA) is 67.8 Å². The maximum absolute atomic E-state index is 12.2. The van der Waals surface area contributed by atoms with Crippen molar-refractivity contribution in [3.63, 3.8) is 0 Å². The van der Waals surface area contributed by atoms with Crippen molar-refractivity contribution < 1.29 is 23.1 Å². The summed E-state index contributed by atoms with van der Waals surface area (Å²) in [5.41, 5.74) is 6.39. The molecule has 0 bridgehead atoms. The van der Waals surface area contributed by atoms with Crippen LogP contribution >= 0.6 is 0 Å². The molecule has 0 heterocycles. The molecule has 0 amide bonds. The van der Waals surface area contributed by atoms with Crippen LogP contribution in [0.5, 0.6) is 0 Å². The lowest BCUT2D eigenvalue weighted by atomic mass is 10.1. The lowest BCUT2D eigenvalue weighted by Gasteiger charge is -2.16. The van der Waals surface area contributed by atoms with Crippen LogP contribution in [0.25, 0.3) is 0 Å². The van der Waals surface area contributed by atoms with Crippen molar-refractivity contribution in [2.24, 2.45) is 10.9 Å². The van der Waals surface area contributed by atoms with E-state index in [4.69, 9.17) is 10.9 Å². The standard InChI is InChI=1S/C11H13F3N2O2/c1-7(11(12,13)14)18-6-8-2-4-9(5-3-8)10(15)16-17/h2-5,7,17H,6H2,1H3,(H2,15,16). The number of hydrogen-bond acceptors (Lipinski definition) is 3. The Balaban J connectivity index is 2.60. The Morgan fingerprint density at radius 2 is 1.94 bits per heavy atom. The van der Waals surface area contributed by atoms with Gasteiger partial charge >= 0.3 is 6.18 Å². The van der Waals surface area contributed by atoms with E-state index >= 15 is 0 Å². The Labute approximate surface area is 102 Å². The van der Waals surface area contributed by atoms with Gasteiger partial charge in [-0.25, -0.2) is 0 Å². The molecule has 1 rings (SSSR count). The van der Waals surface area contributed by atoms with Crippen LogP contribution < -0.4 is 5.73 Å². The molecule has 0 aliphatic carbocycles. The van der Waals surface area contributed by atoms with Crippen molar-refractivity contribution in [2.45, 2.75) is 25.8 Å². The number of ether oxygens (including phenoxy) is 1. The van der Waals surface area contributed by atoms with E-state index in [0.717, 1.165) is 6.92 Å². The number of oxime groups is 1. The molecule has 0 saturated carbocycles. The van der Waals surface area contributed by atoms with Gasteiger partial charge in [0.15, 0.2) is 11.9 Å². The van der Waals surface area contributed by atoms with Crippen LogP contribution in [0.4, 0.5) is 13.2 Å². The third-order valence-electron chi connectivity index (χ3n) is 2.32. The first kappa shape index (κ1) is 14.3. The van der Waals surface area contributed by atoms with Crippen LogP contribution in [0, 0.1) is 0 Å². The molecule has 3 N–H and O–H groups in total. The summed E-state index contributed by atoms with van der Waals surface area (Å²) in [7, 11) is 0. The van der Waals surface area contributed by atoms with Crippen molar-refractivity contribution in [1.82, 2.24) is 0 Å². The second-order valence-electron chi connectivity index (χ2n) is 3.68. The molecule has 0 radical (unpaired) electrons. The molecule has 4 nitrogen and oxygen atoms in total. The number of rotatable bonds is 4. The second-order valence-corrected chi connectivity index (χ2v) is 3.68. The summed E-state index contributed by atoms with van der Waals surface area (Å²) in [6.07, 6.45) is -6.19. The van der Waals surface area contributed by atoms with Crippen molar-refractivity contribution in [3.05, 3.63) is 35.4 Å². The van der Waals surface area contributed by atoms with Crippen LogP contribution in [0.2, 0.25) is 0 Å². The number of alkyl halides is 3. The predicted molar refractivity (Wildman–Crippen MR) is 59.3 cm³/mol. The van der Waals surface area contributed by atoms with E-state index in [1.807, 2.05) is 0 Å². The molecular formula is C11H13F3N2O2. The van der Waals surface area contributed by atoms with Crippen molar-refractivity contribution in [1.29, 1.82) is 0 Å². The van der Waals surface area contributed by atoms with Gasteiger partial charge in [0.1, 0.15) is 0 Å². The van der Waals surface area contributed by atoms with Crippen molar-refractivity contribution >= 4 is 5.84 Å². The third kappa shape index (κ3) is 3.92. The zero-order valence-corrected chi connectivity index (χ0v) is 9.61. The number of amidine groups is 1.